The lowest BCUT2D eigenvalue weighted by Gasteiger charge is -2.12. The predicted molar refractivity (Wildman–Crippen MR) is 98.3 cm³/mol. The van der Waals surface area contributed by atoms with Crippen LogP contribution in [0.15, 0.2) is 36.4 Å². The quantitative estimate of drug-likeness (QED) is 0.839. The van der Waals surface area contributed by atoms with Crippen LogP contribution in [0.1, 0.15) is 27.9 Å². The lowest BCUT2D eigenvalue weighted by atomic mass is 10.1. The molecule has 138 valence electrons. The summed E-state index contributed by atoms with van der Waals surface area (Å²) in [5.74, 6) is -0.112. The first kappa shape index (κ1) is 18.5. The number of primary amides is 1. The smallest absolute Gasteiger partial charge is 0.248 e. The number of ether oxygens (including phenoxy) is 2. The second-order valence-electron chi connectivity index (χ2n) is 6.05. The zero-order valence-electron chi connectivity index (χ0n) is 13.9. The summed E-state index contributed by atoms with van der Waals surface area (Å²) >= 11 is 6.21. The number of fused-ring (bicyclic) bond motifs is 1. The molecule has 8 heteroatoms. The van der Waals surface area contributed by atoms with Gasteiger partial charge >= 0.3 is 0 Å². The van der Waals surface area contributed by atoms with Gasteiger partial charge in [0.1, 0.15) is 0 Å². The van der Waals surface area contributed by atoms with E-state index < -0.39 is 15.7 Å². The normalized spacial score (nSPS) is 13.9. The van der Waals surface area contributed by atoms with Crippen molar-refractivity contribution in [2.45, 2.75) is 17.9 Å². The minimum Gasteiger partial charge on any atom is -0.489 e. The lowest BCUT2D eigenvalue weighted by molar-refractivity contribution is 0.1000. The van der Waals surface area contributed by atoms with E-state index in [9.17, 15) is 13.2 Å². The van der Waals surface area contributed by atoms with Crippen molar-refractivity contribution in [1.29, 1.82) is 0 Å². The number of hydrogen-bond donors (Lipinski definition) is 1. The van der Waals surface area contributed by atoms with Crippen LogP contribution in [0.2, 0.25) is 5.02 Å². The summed E-state index contributed by atoms with van der Waals surface area (Å²) in [7, 11) is -3.49. The number of rotatable bonds is 5. The number of hydrogen-bond acceptors (Lipinski definition) is 5. The highest BCUT2D eigenvalue weighted by Crippen LogP contribution is 2.38. The molecule has 3 rings (SSSR count). The number of halogens is 1. The molecule has 1 amide bonds. The van der Waals surface area contributed by atoms with Crippen molar-refractivity contribution < 1.29 is 22.7 Å². The molecule has 1 heterocycles. The molecule has 0 unspecified atom stereocenters. The third-order valence-corrected chi connectivity index (χ3v) is 5.67. The lowest BCUT2D eigenvalue weighted by Crippen LogP contribution is -2.12. The van der Waals surface area contributed by atoms with E-state index in [1.807, 2.05) is 0 Å². The Hall–Kier alpha value is -2.25. The molecular formula is C18H18ClNO5S. The molecule has 0 fully saturated rings. The SMILES string of the molecule is NC(=O)c1cccc(CS(=O)(=O)Cc2cc(Cl)c3c(c2)OCCCO3)c1. The number of amides is 1. The third-order valence-electron chi connectivity index (χ3n) is 3.85. The van der Waals surface area contributed by atoms with Crippen LogP contribution in [0.5, 0.6) is 11.5 Å². The van der Waals surface area contributed by atoms with E-state index in [0.29, 0.717) is 40.9 Å². The van der Waals surface area contributed by atoms with Gasteiger partial charge in [0.25, 0.3) is 0 Å². The zero-order chi connectivity index (χ0) is 18.7. The molecule has 0 aromatic heterocycles. The molecule has 0 radical (unpaired) electrons. The summed E-state index contributed by atoms with van der Waals surface area (Å²) in [5.41, 5.74) is 6.53. The Balaban J connectivity index is 1.81. The maximum Gasteiger partial charge on any atom is 0.248 e. The number of benzene rings is 2. The first-order valence-corrected chi connectivity index (χ1v) is 10.2. The Bertz CT molecular complexity index is 943. The Labute approximate surface area is 156 Å². The van der Waals surface area contributed by atoms with E-state index in [0.717, 1.165) is 6.42 Å². The molecule has 0 saturated heterocycles. The van der Waals surface area contributed by atoms with Crippen molar-refractivity contribution in [2.75, 3.05) is 13.2 Å². The molecule has 0 bridgehead atoms. The Morgan fingerprint density at radius 3 is 2.58 bits per heavy atom. The summed E-state index contributed by atoms with van der Waals surface area (Å²) in [6.07, 6.45) is 0.731. The second kappa shape index (κ2) is 7.55. The molecule has 0 atom stereocenters. The first-order valence-electron chi connectivity index (χ1n) is 8.01. The van der Waals surface area contributed by atoms with Gasteiger partial charge in [0.2, 0.25) is 5.91 Å². The molecule has 2 N–H and O–H groups in total. The summed E-state index contributed by atoms with van der Waals surface area (Å²) in [6.45, 7) is 0.986. The molecule has 1 aliphatic heterocycles. The monoisotopic (exact) mass is 395 g/mol. The van der Waals surface area contributed by atoms with E-state index in [4.69, 9.17) is 26.8 Å². The van der Waals surface area contributed by atoms with Gasteiger partial charge in [0.15, 0.2) is 21.3 Å². The van der Waals surface area contributed by atoms with Crippen molar-refractivity contribution in [3.63, 3.8) is 0 Å². The molecular weight excluding hydrogens is 378 g/mol. The van der Waals surface area contributed by atoms with Gasteiger partial charge in [-0.25, -0.2) is 8.42 Å². The van der Waals surface area contributed by atoms with Crippen LogP contribution < -0.4 is 15.2 Å². The van der Waals surface area contributed by atoms with Crippen LogP contribution in [0, 0.1) is 0 Å². The van der Waals surface area contributed by atoms with Gasteiger partial charge in [-0.15, -0.1) is 0 Å². The average molecular weight is 396 g/mol. The van der Waals surface area contributed by atoms with E-state index in [1.54, 1.807) is 30.3 Å². The second-order valence-corrected chi connectivity index (χ2v) is 8.52. The Morgan fingerprint density at radius 1 is 1.08 bits per heavy atom. The molecule has 0 saturated carbocycles. The summed E-state index contributed by atoms with van der Waals surface area (Å²) in [5, 5.41) is 0.324. The standard InChI is InChI=1S/C18H18ClNO5S/c19-15-8-13(9-16-17(15)25-6-2-5-24-16)11-26(22,23)10-12-3-1-4-14(7-12)18(20)21/h1,3-4,7-9H,2,5-6,10-11H2,(H2,20,21). The molecule has 6 nitrogen and oxygen atoms in total. The fourth-order valence-corrected chi connectivity index (χ4v) is 4.49. The highest BCUT2D eigenvalue weighted by atomic mass is 35.5. The van der Waals surface area contributed by atoms with Gasteiger partial charge in [-0.3, -0.25) is 4.79 Å². The predicted octanol–water partition coefficient (Wildman–Crippen LogP) is 2.72. The minimum atomic E-state index is -3.49. The molecule has 2 aromatic carbocycles. The summed E-state index contributed by atoms with van der Waals surface area (Å²) in [6, 6.07) is 9.50. The zero-order valence-corrected chi connectivity index (χ0v) is 15.5. The fraction of sp³-hybridized carbons (Fsp3) is 0.278. The molecule has 0 spiro atoms. The van der Waals surface area contributed by atoms with Crippen LogP contribution in [0.3, 0.4) is 0 Å². The van der Waals surface area contributed by atoms with Crippen molar-refractivity contribution in [2.24, 2.45) is 5.73 Å². The average Bonchev–Trinajstić information content (AvgIpc) is 2.80. The van der Waals surface area contributed by atoms with E-state index in [2.05, 4.69) is 0 Å². The molecule has 2 aromatic rings. The minimum absolute atomic E-state index is 0.204. The van der Waals surface area contributed by atoms with Crippen molar-refractivity contribution in [3.8, 4) is 11.5 Å². The molecule has 0 aliphatic carbocycles. The maximum atomic E-state index is 12.6. The number of nitrogens with two attached hydrogens (primary N) is 1. The largest absolute Gasteiger partial charge is 0.489 e. The van der Waals surface area contributed by atoms with Gasteiger partial charge in [-0.1, -0.05) is 23.7 Å². The molecule has 26 heavy (non-hydrogen) atoms. The van der Waals surface area contributed by atoms with Gasteiger partial charge in [-0.2, -0.15) is 0 Å². The topological polar surface area (TPSA) is 95.7 Å². The van der Waals surface area contributed by atoms with Gasteiger partial charge in [0, 0.05) is 12.0 Å². The highest BCUT2D eigenvalue weighted by molar-refractivity contribution is 7.89. The van der Waals surface area contributed by atoms with Crippen molar-refractivity contribution >= 4 is 27.3 Å². The van der Waals surface area contributed by atoms with Crippen LogP contribution in [0.25, 0.3) is 0 Å². The number of sulfone groups is 1. The van der Waals surface area contributed by atoms with Crippen LogP contribution in [0.4, 0.5) is 0 Å². The van der Waals surface area contributed by atoms with Gasteiger partial charge < -0.3 is 15.2 Å². The first-order chi connectivity index (χ1) is 12.3. The Morgan fingerprint density at radius 2 is 1.81 bits per heavy atom. The highest BCUT2D eigenvalue weighted by Gasteiger charge is 2.19. The van der Waals surface area contributed by atoms with Gasteiger partial charge in [0.05, 0.1) is 29.7 Å². The summed E-state index contributed by atoms with van der Waals surface area (Å²) in [4.78, 5) is 11.2. The van der Waals surface area contributed by atoms with Crippen LogP contribution in [-0.4, -0.2) is 27.5 Å². The number of carbonyl (C=O) groups is 1. The summed E-state index contributed by atoms with van der Waals surface area (Å²) < 4.78 is 36.3. The van der Waals surface area contributed by atoms with Gasteiger partial charge in [-0.05, 0) is 35.4 Å². The number of carbonyl (C=O) groups excluding carboxylic acids is 1. The van der Waals surface area contributed by atoms with E-state index >= 15 is 0 Å². The van der Waals surface area contributed by atoms with Crippen LogP contribution in [-0.2, 0) is 21.3 Å². The van der Waals surface area contributed by atoms with E-state index in [-0.39, 0.29) is 17.1 Å². The van der Waals surface area contributed by atoms with E-state index in [1.165, 1.54) is 6.07 Å². The van der Waals surface area contributed by atoms with Crippen molar-refractivity contribution in [3.05, 3.63) is 58.1 Å². The van der Waals surface area contributed by atoms with Crippen molar-refractivity contribution in [1.82, 2.24) is 0 Å². The Kier molecular flexibility index (Phi) is 5.38. The maximum absolute atomic E-state index is 12.6. The third kappa shape index (κ3) is 4.47. The fourth-order valence-electron chi connectivity index (χ4n) is 2.74. The molecule has 1 aliphatic rings. The van der Waals surface area contributed by atoms with Crippen LogP contribution >= 0.6 is 11.6 Å².